The Balaban J connectivity index is 2.02. The fraction of sp³-hybridized carbons (Fsp3) is 1.00. The second kappa shape index (κ2) is 6.13. The minimum atomic E-state index is 0.369. The molecular formula is C17H34N2. The van der Waals surface area contributed by atoms with Gasteiger partial charge in [0, 0.05) is 18.6 Å². The van der Waals surface area contributed by atoms with Crippen molar-refractivity contribution in [2.75, 3.05) is 19.6 Å². The van der Waals surface area contributed by atoms with E-state index in [0.717, 1.165) is 17.9 Å². The lowest BCUT2D eigenvalue weighted by atomic mass is 9.78. The van der Waals surface area contributed by atoms with Crippen LogP contribution in [0.1, 0.15) is 60.3 Å². The SMILES string of the molecule is CC1CCC(N2CCCNC(C(C)(C)C)C2)C(C)C1. The summed E-state index contributed by atoms with van der Waals surface area (Å²) in [5.74, 6) is 1.82. The molecule has 2 fully saturated rings. The highest BCUT2D eigenvalue weighted by atomic mass is 15.2. The molecule has 0 aromatic carbocycles. The van der Waals surface area contributed by atoms with Gasteiger partial charge in [-0.25, -0.2) is 0 Å². The third kappa shape index (κ3) is 3.95. The molecule has 0 aromatic rings. The first-order valence-electron chi connectivity index (χ1n) is 8.35. The van der Waals surface area contributed by atoms with E-state index in [1.165, 1.54) is 45.3 Å². The molecule has 2 heteroatoms. The van der Waals surface area contributed by atoms with E-state index in [9.17, 15) is 0 Å². The molecule has 19 heavy (non-hydrogen) atoms. The molecule has 2 aliphatic rings. The summed E-state index contributed by atoms with van der Waals surface area (Å²) in [6.45, 7) is 15.8. The summed E-state index contributed by atoms with van der Waals surface area (Å²) in [4.78, 5) is 2.81. The number of nitrogens with zero attached hydrogens (tertiary/aromatic N) is 1. The average Bonchev–Trinajstić information content (AvgIpc) is 2.54. The Labute approximate surface area is 120 Å². The summed E-state index contributed by atoms with van der Waals surface area (Å²) < 4.78 is 0. The first-order chi connectivity index (χ1) is 8.88. The van der Waals surface area contributed by atoms with Crippen molar-refractivity contribution >= 4 is 0 Å². The lowest BCUT2D eigenvalue weighted by Crippen LogP contribution is -2.51. The van der Waals surface area contributed by atoms with Crippen molar-refractivity contribution < 1.29 is 0 Å². The number of hydrogen-bond donors (Lipinski definition) is 1. The van der Waals surface area contributed by atoms with Crippen LogP contribution in [0.4, 0.5) is 0 Å². The Hall–Kier alpha value is -0.0800. The molecule has 0 bridgehead atoms. The van der Waals surface area contributed by atoms with E-state index in [0.29, 0.717) is 11.5 Å². The van der Waals surface area contributed by atoms with E-state index in [4.69, 9.17) is 0 Å². The quantitative estimate of drug-likeness (QED) is 0.781. The molecule has 0 spiro atoms. The van der Waals surface area contributed by atoms with Crippen LogP contribution in [0.5, 0.6) is 0 Å². The van der Waals surface area contributed by atoms with Gasteiger partial charge in [0.1, 0.15) is 0 Å². The number of hydrogen-bond acceptors (Lipinski definition) is 2. The third-order valence-electron chi connectivity index (χ3n) is 5.33. The number of rotatable bonds is 1. The van der Waals surface area contributed by atoms with Gasteiger partial charge in [-0.2, -0.15) is 0 Å². The maximum atomic E-state index is 3.77. The molecule has 0 aromatic heterocycles. The summed E-state index contributed by atoms with van der Waals surface area (Å²) in [7, 11) is 0. The maximum absolute atomic E-state index is 3.77. The summed E-state index contributed by atoms with van der Waals surface area (Å²) in [5.41, 5.74) is 0.369. The van der Waals surface area contributed by atoms with Crippen molar-refractivity contribution in [3.8, 4) is 0 Å². The lowest BCUT2D eigenvalue weighted by molar-refractivity contribution is 0.0784. The van der Waals surface area contributed by atoms with Crippen LogP contribution in [0.2, 0.25) is 0 Å². The van der Waals surface area contributed by atoms with Crippen LogP contribution in [0.15, 0.2) is 0 Å². The first kappa shape index (κ1) is 15.3. The predicted octanol–water partition coefficient (Wildman–Crippen LogP) is 3.52. The molecule has 1 saturated heterocycles. The Morgan fingerprint density at radius 3 is 2.47 bits per heavy atom. The highest BCUT2D eigenvalue weighted by Gasteiger charge is 2.34. The van der Waals surface area contributed by atoms with Crippen LogP contribution >= 0.6 is 0 Å². The Bertz CT molecular complexity index is 281. The van der Waals surface area contributed by atoms with Gasteiger partial charge < -0.3 is 5.32 Å². The van der Waals surface area contributed by atoms with Gasteiger partial charge in [-0.05, 0) is 56.0 Å². The van der Waals surface area contributed by atoms with Crippen molar-refractivity contribution in [1.29, 1.82) is 0 Å². The lowest BCUT2D eigenvalue weighted by Gasteiger charge is -2.42. The molecule has 2 rings (SSSR count). The minimum Gasteiger partial charge on any atom is -0.312 e. The number of nitrogens with one attached hydrogen (secondary N) is 1. The highest BCUT2D eigenvalue weighted by Crippen LogP contribution is 2.33. The van der Waals surface area contributed by atoms with Gasteiger partial charge >= 0.3 is 0 Å². The van der Waals surface area contributed by atoms with E-state index in [1.807, 2.05) is 0 Å². The van der Waals surface area contributed by atoms with Crippen LogP contribution in [0, 0.1) is 17.3 Å². The molecule has 4 unspecified atom stereocenters. The van der Waals surface area contributed by atoms with Crippen molar-refractivity contribution in [2.24, 2.45) is 17.3 Å². The fourth-order valence-electron chi connectivity index (χ4n) is 4.02. The van der Waals surface area contributed by atoms with E-state index in [1.54, 1.807) is 0 Å². The van der Waals surface area contributed by atoms with E-state index >= 15 is 0 Å². The summed E-state index contributed by atoms with van der Waals surface area (Å²) in [6, 6.07) is 1.47. The van der Waals surface area contributed by atoms with Gasteiger partial charge in [0.05, 0.1) is 0 Å². The van der Waals surface area contributed by atoms with Gasteiger partial charge in [-0.3, -0.25) is 4.90 Å². The second-order valence-corrected chi connectivity index (χ2v) is 8.18. The zero-order chi connectivity index (χ0) is 14.0. The van der Waals surface area contributed by atoms with Crippen LogP contribution < -0.4 is 5.32 Å². The summed E-state index contributed by atoms with van der Waals surface area (Å²) >= 11 is 0. The zero-order valence-electron chi connectivity index (χ0n) is 13.7. The molecule has 1 aliphatic carbocycles. The average molecular weight is 266 g/mol. The van der Waals surface area contributed by atoms with Gasteiger partial charge in [0.25, 0.3) is 0 Å². The van der Waals surface area contributed by atoms with Crippen molar-refractivity contribution in [3.05, 3.63) is 0 Å². The predicted molar refractivity (Wildman–Crippen MR) is 83.4 cm³/mol. The van der Waals surface area contributed by atoms with Gasteiger partial charge in [-0.1, -0.05) is 34.6 Å². The molecule has 2 nitrogen and oxygen atoms in total. The Kier molecular flexibility index (Phi) is 4.94. The van der Waals surface area contributed by atoms with Crippen LogP contribution in [-0.4, -0.2) is 36.6 Å². The molecule has 4 atom stereocenters. The van der Waals surface area contributed by atoms with Crippen LogP contribution in [0.25, 0.3) is 0 Å². The van der Waals surface area contributed by atoms with Gasteiger partial charge in [0.2, 0.25) is 0 Å². The Morgan fingerprint density at radius 1 is 1.11 bits per heavy atom. The normalized spacial score (nSPS) is 39.0. The molecule has 1 aliphatic heterocycles. The van der Waals surface area contributed by atoms with Crippen LogP contribution in [-0.2, 0) is 0 Å². The van der Waals surface area contributed by atoms with Crippen molar-refractivity contribution in [1.82, 2.24) is 10.2 Å². The molecule has 112 valence electrons. The van der Waals surface area contributed by atoms with E-state index < -0.39 is 0 Å². The standard InChI is InChI=1S/C17H34N2/c1-13-7-8-15(14(2)11-13)19-10-6-9-18-16(12-19)17(3,4)5/h13-16,18H,6-12H2,1-5H3. The largest absolute Gasteiger partial charge is 0.312 e. The van der Waals surface area contributed by atoms with Gasteiger partial charge in [0.15, 0.2) is 0 Å². The Morgan fingerprint density at radius 2 is 1.84 bits per heavy atom. The highest BCUT2D eigenvalue weighted by molar-refractivity contribution is 4.91. The molecule has 1 N–H and O–H groups in total. The zero-order valence-corrected chi connectivity index (χ0v) is 13.7. The van der Waals surface area contributed by atoms with E-state index in [2.05, 4.69) is 44.8 Å². The maximum Gasteiger partial charge on any atom is 0.0243 e. The monoisotopic (exact) mass is 266 g/mol. The molecule has 1 saturated carbocycles. The van der Waals surface area contributed by atoms with E-state index in [-0.39, 0.29) is 0 Å². The van der Waals surface area contributed by atoms with Crippen molar-refractivity contribution in [3.63, 3.8) is 0 Å². The first-order valence-corrected chi connectivity index (χ1v) is 8.35. The molecular weight excluding hydrogens is 232 g/mol. The van der Waals surface area contributed by atoms with Crippen LogP contribution in [0.3, 0.4) is 0 Å². The molecule has 0 radical (unpaired) electrons. The topological polar surface area (TPSA) is 15.3 Å². The van der Waals surface area contributed by atoms with Crippen molar-refractivity contribution in [2.45, 2.75) is 72.4 Å². The molecule has 1 heterocycles. The van der Waals surface area contributed by atoms with Gasteiger partial charge in [-0.15, -0.1) is 0 Å². The molecule has 0 amide bonds. The third-order valence-corrected chi connectivity index (χ3v) is 5.33. The smallest absolute Gasteiger partial charge is 0.0243 e. The fourth-order valence-corrected chi connectivity index (χ4v) is 4.02. The second-order valence-electron chi connectivity index (χ2n) is 8.18. The summed E-state index contributed by atoms with van der Waals surface area (Å²) in [6.07, 6.45) is 5.58. The summed E-state index contributed by atoms with van der Waals surface area (Å²) in [5, 5.41) is 3.77. The minimum absolute atomic E-state index is 0.369.